The summed E-state index contributed by atoms with van der Waals surface area (Å²) in [5.41, 5.74) is 0.635. The Bertz CT molecular complexity index is 830. The van der Waals surface area contributed by atoms with Gasteiger partial charge >= 0.3 is 10.2 Å². The molecule has 0 bridgehead atoms. The highest BCUT2D eigenvalue weighted by Crippen LogP contribution is 2.40. The SMILES string of the molecule is COc1cc(Nc2ccc(NS(=O)(=O)N(C)C)nn2)cc(OC)c1OC. The van der Waals surface area contributed by atoms with E-state index in [1.54, 1.807) is 18.2 Å². The van der Waals surface area contributed by atoms with Crippen molar-refractivity contribution in [1.29, 1.82) is 0 Å². The van der Waals surface area contributed by atoms with Crippen molar-refractivity contribution in [3.05, 3.63) is 24.3 Å². The largest absolute Gasteiger partial charge is 0.493 e. The van der Waals surface area contributed by atoms with E-state index < -0.39 is 10.2 Å². The molecule has 1 heterocycles. The molecule has 11 heteroatoms. The molecule has 2 N–H and O–H groups in total. The smallest absolute Gasteiger partial charge is 0.302 e. The average molecular weight is 383 g/mol. The van der Waals surface area contributed by atoms with Gasteiger partial charge in [0.2, 0.25) is 5.75 Å². The predicted octanol–water partition coefficient (Wildman–Crippen LogP) is 1.46. The molecule has 0 aliphatic rings. The van der Waals surface area contributed by atoms with Gasteiger partial charge in [0, 0.05) is 31.9 Å². The van der Waals surface area contributed by atoms with Crippen molar-refractivity contribution in [3.8, 4) is 17.2 Å². The number of methoxy groups -OCH3 is 3. The van der Waals surface area contributed by atoms with Crippen LogP contribution >= 0.6 is 0 Å². The summed E-state index contributed by atoms with van der Waals surface area (Å²) >= 11 is 0. The summed E-state index contributed by atoms with van der Waals surface area (Å²) < 4.78 is 42.7. The second kappa shape index (κ2) is 8.06. The van der Waals surface area contributed by atoms with Crippen molar-refractivity contribution in [1.82, 2.24) is 14.5 Å². The molecule has 1 aromatic heterocycles. The Morgan fingerprint density at radius 3 is 1.88 bits per heavy atom. The van der Waals surface area contributed by atoms with Crippen LogP contribution in [-0.2, 0) is 10.2 Å². The molecule has 0 radical (unpaired) electrons. The Kier molecular flexibility index (Phi) is 6.05. The van der Waals surface area contributed by atoms with E-state index in [2.05, 4.69) is 20.2 Å². The molecule has 0 aliphatic heterocycles. The van der Waals surface area contributed by atoms with Gasteiger partial charge in [-0.25, -0.2) is 0 Å². The minimum absolute atomic E-state index is 0.106. The Labute approximate surface area is 152 Å². The van der Waals surface area contributed by atoms with Gasteiger partial charge in [-0.15, -0.1) is 10.2 Å². The van der Waals surface area contributed by atoms with Crippen LogP contribution in [0.15, 0.2) is 24.3 Å². The lowest BCUT2D eigenvalue weighted by Crippen LogP contribution is -2.29. The number of hydrogen-bond acceptors (Lipinski definition) is 8. The number of benzene rings is 1. The predicted molar refractivity (Wildman–Crippen MR) is 97.6 cm³/mol. The quantitative estimate of drug-likeness (QED) is 0.704. The number of hydrogen-bond donors (Lipinski definition) is 2. The lowest BCUT2D eigenvalue weighted by molar-refractivity contribution is 0.324. The lowest BCUT2D eigenvalue weighted by Gasteiger charge is -2.15. The van der Waals surface area contributed by atoms with Crippen molar-refractivity contribution in [2.24, 2.45) is 0 Å². The van der Waals surface area contributed by atoms with Crippen molar-refractivity contribution in [2.45, 2.75) is 0 Å². The third-order valence-corrected chi connectivity index (χ3v) is 4.74. The normalized spacial score (nSPS) is 11.2. The number of aromatic nitrogens is 2. The molecular formula is C15H21N5O5S. The zero-order valence-corrected chi connectivity index (χ0v) is 15.9. The van der Waals surface area contributed by atoms with Gasteiger partial charge in [0.15, 0.2) is 23.1 Å². The van der Waals surface area contributed by atoms with Gasteiger partial charge in [0.1, 0.15) is 0 Å². The maximum Gasteiger partial charge on any atom is 0.302 e. The number of anilines is 3. The summed E-state index contributed by atoms with van der Waals surface area (Å²) in [5.74, 6) is 1.96. The van der Waals surface area contributed by atoms with E-state index in [9.17, 15) is 8.42 Å². The molecule has 1 aromatic carbocycles. The van der Waals surface area contributed by atoms with E-state index in [0.29, 0.717) is 28.8 Å². The van der Waals surface area contributed by atoms with Gasteiger partial charge in [-0.05, 0) is 12.1 Å². The van der Waals surface area contributed by atoms with Crippen LogP contribution in [0.4, 0.5) is 17.3 Å². The van der Waals surface area contributed by atoms with E-state index in [-0.39, 0.29) is 5.82 Å². The van der Waals surface area contributed by atoms with Crippen LogP contribution in [0.3, 0.4) is 0 Å². The summed E-state index contributed by atoms with van der Waals surface area (Å²) in [6.45, 7) is 0. The van der Waals surface area contributed by atoms with Crippen LogP contribution in [0, 0.1) is 0 Å². The standard InChI is InChI=1S/C15H21N5O5S/c1-20(2)26(21,22)19-14-7-6-13(17-18-14)16-10-8-11(23-3)15(25-5)12(9-10)24-4/h6-9H,1-5H3,(H,16,17)(H,18,19). The summed E-state index contributed by atoms with van der Waals surface area (Å²) in [6.07, 6.45) is 0. The van der Waals surface area contributed by atoms with Crippen LogP contribution in [0.2, 0.25) is 0 Å². The highest BCUT2D eigenvalue weighted by atomic mass is 32.2. The Hall–Kier alpha value is -2.79. The highest BCUT2D eigenvalue weighted by Gasteiger charge is 2.15. The van der Waals surface area contributed by atoms with Crippen molar-refractivity contribution in [3.63, 3.8) is 0 Å². The average Bonchev–Trinajstić information content (AvgIpc) is 2.62. The number of nitrogens with zero attached hydrogens (tertiary/aromatic N) is 3. The van der Waals surface area contributed by atoms with Crippen molar-refractivity contribution >= 4 is 27.5 Å². The van der Waals surface area contributed by atoms with Crippen molar-refractivity contribution < 1.29 is 22.6 Å². The van der Waals surface area contributed by atoms with Crippen LogP contribution in [0.1, 0.15) is 0 Å². The highest BCUT2D eigenvalue weighted by molar-refractivity contribution is 7.90. The minimum atomic E-state index is -3.64. The third kappa shape index (κ3) is 4.43. The molecule has 10 nitrogen and oxygen atoms in total. The fourth-order valence-corrected chi connectivity index (χ4v) is 2.53. The van der Waals surface area contributed by atoms with Crippen LogP contribution in [-0.4, -0.2) is 58.3 Å². The van der Waals surface area contributed by atoms with Crippen LogP contribution < -0.4 is 24.2 Å². The van der Waals surface area contributed by atoms with Gasteiger partial charge in [-0.2, -0.15) is 12.7 Å². The molecule has 0 spiro atoms. The maximum absolute atomic E-state index is 11.8. The number of nitrogens with one attached hydrogen (secondary N) is 2. The molecule has 0 saturated carbocycles. The van der Waals surface area contributed by atoms with E-state index in [1.165, 1.54) is 41.5 Å². The summed E-state index contributed by atoms with van der Waals surface area (Å²) in [4.78, 5) is 0. The molecule has 0 amide bonds. The molecule has 0 atom stereocenters. The fraction of sp³-hybridized carbons (Fsp3) is 0.333. The molecule has 0 unspecified atom stereocenters. The second-order valence-electron chi connectivity index (χ2n) is 5.23. The fourth-order valence-electron chi connectivity index (χ4n) is 1.98. The van der Waals surface area contributed by atoms with E-state index in [4.69, 9.17) is 14.2 Å². The summed E-state index contributed by atoms with van der Waals surface area (Å²) in [5, 5.41) is 10.8. The maximum atomic E-state index is 11.8. The van der Waals surface area contributed by atoms with Gasteiger partial charge in [-0.1, -0.05) is 0 Å². The molecule has 0 saturated heterocycles. The topological polar surface area (TPSA) is 115 Å². The summed E-state index contributed by atoms with van der Waals surface area (Å²) in [7, 11) is 3.75. The Balaban J connectivity index is 2.21. The van der Waals surface area contributed by atoms with Gasteiger partial charge < -0.3 is 19.5 Å². The van der Waals surface area contributed by atoms with Crippen molar-refractivity contribution in [2.75, 3.05) is 45.5 Å². The third-order valence-electron chi connectivity index (χ3n) is 3.32. The zero-order valence-electron chi connectivity index (χ0n) is 15.1. The first kappa shape index (κ1) is 19.5. The molecule has 142 valence electrons. The molecule has 0 aliphatic carbocycles. The first-order valence-electron chi connectivity index (χ1n) is 7.41. The monoisotopic (exact) mass is 383 g/mol. The van der Waals surface area contributed by atoms with Gasteiger partial charge in [-0.3, -0.25) is 4.72 Å². The lowest BCUT2D eigenvalue weighted by atomic mass is 10.2. The molecular weight excluding hydrogens is 362 g/mol. The van der Waals surface area contributed by atoms with E-state index in [0.717, 1.165) is 4.31 Å². The summed E-state index contributed by atoms with van der Waals surface area (Å²) in [6, 6.07) is 6.51. The van der Waals surface area contributed by atoms with Gasteiger partial charge in [0.05, 0.1) is 21.3 Å². The zero-order chi connectivity index (χ0) is 19.3. The van der Waals surface area contributed by atoms with Gasteiger partial charge in [0.25, 0.3) is 0 Å². The Morgan fingerprint density at radius 2 is 1.46 bits per heavy atom. The Morgan fingerprint density at radius 1 is 0.923 bits per heavy atom. The molecule has 2 rings (SSSR count). The number of ether oxygens (including phenoxy) is 3. The van der Waals surface area contributed by atoms with Crippen LogP contribution in [0.25, 0.3) is 0 Å². The molecule has 26 heavy (non-hydrogen) atoms. The first-order valence-corrected chi connectivity index (χ1v) is 8.85. The molecule has 2 aromatic rings. The molecule has 0 fully saturated rings. The number of rotatable bonds is 8. The second-order valence-corrected chi connectivity index (χ2v) is 7.12. The van der Waals surface area contributed by atoms with Crippen LogP contribution in [0.5, 0.6) is 17.2 Å². The van der Waals surface area contributed by atoms with E-state index >= 15 is 0 Å². The first-order chi connectivity index (χ1) is 12.3. The minimum Gasteiger partial charge on any atom is -0.493 e. The van der Waals surface area contributed by atoms with E-state index in [1.807, 2.05) is 0 Å².